The molecule has 4 nitrogen and oxygen atoms in total. The van der Waals surface area contributed by atoms with E-state index in [1.807, 2.05) is 24.1 Å². The molecule has 1 aliphatic heterocycles. The Labute approximate surface area is 136 Å². The fourth-order valence-electron chi connectivity index (χ4n) is 2.40. The lowest BCUT2D eigenvalue weighted by Gasteiger charge is -2.24. The average Bonchev–Trinajstić information content (AvgIpc) is 3.04. The van der Waals surface area contributed by atoms with Crippen molar-refractivity contribution in [1.82, 2.24) is 9.62 Å². The van der Waals surface area contributed by atoms with Gasteiger partial charge < -0.3 is 5.32 Å². The van der Waals surface area contributed by atoms with Gasteiger partial charge in [0.25, 0.3) is 0 Å². The molecular formula is C14H24N2O2S3. The first-order valence-corrected chi connectivity index (χ1v) is 10.7. The molecule has 2 heterocycles. The molecule has 120 valence electrons. The van der Waals surface area contributed by atoms with Gasteiger partial charge in [-0.05, 0) is 30.0 Å². The van der Waals surface area contributed by atoms with Crippen LogP contribution in [0.15, 0.2) is 10.3 Å². The molecular weight excluding hydrogens is 324 g/mol. The van der Waals surface area contributed by atoms with Crippen LogP contribution in [0.4, 0.5) is 0 Å². The molecule has 1 saturated heterocycles. The van der Waals surface area contributed by atoms with E-state index in [1.165, 1.54) is 11.3 Å². The van der Waals surface area contributed by atoms with Crippen LogP contribution in [0.5, 0.6) is 0 Å². The molecule has 0 aliphatic carbocycles. The molecule has 1 aromatic rings. The quantitative estimate of drug-likeness (QED) is 0.859. The number of thioether (sulfide) groups is 1. The molecule has 1 aromatic heterocycles. The maximum absolute atomic E-state index is 13.0. The number of hydrogen-bond acceptors (Lipinski definition) is 5. The van der Waals surface area contributed by atoms with Gasteiger partial charge >= 0.3 is 0 Å². The standard InChI is InChI=1S/C14H24N2O2S3/c1-10(2)15-7-13-14(11(3)8-20-13)21(17,18)16(4)12-5-6-19-9-12/h8,10,12,15H,5-7,9H2,1-4H3. The van der Waals surface area contributed by atoms with E-state index in [9.17, 15) is 8.42 Å². The van der Waals surface area contributed by atoms with Crippen LogP contribution in [0.3, 0.4) is 0 Å². The van der Waals surface area contributed by atoms with Gasteiger partial charge in [0.1, 0.15) is 4.90 Å². The van der Waals surface area contributed by atoms with E-state index in [4.69, 9.17) is 0 Å². The fourth-order valence-corrected chi connectivity index (χ4v) is 6.86. The number of hydrogen-bond donors (Lipinski definition) is 1. The van der Waals surface area contributed by atoms with E-state index in [1.54, 1.807) is 11.4 Å². The van der Waals surface area contributed by atoms with Gasteiger partial charge in [0, 0.05) is 36.3 Å². The lowest BCUT2D eigenvalue weighted by atomic mass is 10.3. The summed E-state index contributed by atoms with van der Waals surface area (Å²) in [6.45, 7) is 6.63. The second-order valence-corrected chi connectivity index (χ2v) is 9.79. The Bertz CT molecular complexity index is 575. The van der Waals surface area contributed by atoms with Crippen molar-refractivity contribution >= 4 is 33.1 Å². The zero-order valence-corrected chi connectivity index (χ0v) is 15.5. The third-order valence-electron chi connectivity index (χ3n) is 3.72. The molecule has 0 radical (unpaired) electrons. The number of aryl methyl sites for hydroxylation is 1. The summed E-state index contributed by atoms with van der Waals surface area (Å²) >= 11 is 3.36. The first kappa shape index (κ1) is 17.3. The van der Waals surface area contributed by atoms with Crippen molar-refractivity contribution in [2.24, 2.45) is 0 Å². The minimum atomic E-state index is -3.40. The first-order valence-electron chi connectivity index (χ1n) is 7.20. The highest BCUT2D eigenvalue weighted by Crippen LogP contribution is 2.32. The Hall–Kier alpha value is -0.0800. The van der Waals surface area contributed by atoms with Crippen LogP contribution in [0.2, 0.25) is 0 Å². The molecule has 7 heteroatoms. The van der Waals surface area contributed by atoms with Crippen molar-refractivity contribution in [2.75, 3.05) is 18.6 Å². The topological polar surface area (TPSA) is 49.4 Å². The van der Waals surface area contributed by atoms with E-state index in [0.717, 1.165) is 28.4 Å². The minimum Gasteiger partial charge on any atom is -0.310 e. The number of nitrogens with zero attached hydrogens (tertiary/aromatic N) is 1. The van der Waals surface area contributed by atoms with Crippen LogP contribution in [0.25, 0.3) is 0 Å². The summed E-state index contributed by atoms with van der Waals surface area (Å²) in [6, 6.07) is 0.470. The van der Waals surface area contributed by atoms with E-state index in [-0.39, 0.29) is 6.04 Å². The van der Waals surface area contributed by atoms with Crippen LogP contribution in [-0.4, -0.2) is 43.4 Å². The van der Waals surface area contributed by atoms with E-state index in [2.05, 4.69) is 19.2 Å². The summed E-state index contributed by atoms with van der Waals surface area (Å²) in [5, 5.41) is 5.27. The lowest BCUT2D eigenvalue weighted by molar-refractivity contribution is 0.394. The van der Waals surface area contributed by atoms with Crippen LogP contribution in [-0.2, 0) is 16.6 Å². The van der Waals surface area contributed by atoms with Crippen molar-refractivity contribution < 1.29 is 8.42 Å². The summed E-state index contributed by atoms with van der Waals surface area (Å²) in [5.74, 6) is 1.95. The van der Waals surface area contributed by atoms with Crippen LogP contribution in [0.1, 0.15) is 30.7 Å². The Kier molecular flexibility index (Phi) is 5.76. The van der Waals surface area contributed by atoms with E-state index >= 15 is 0 Å². The summed E-state index contributed by atoms with van der Waals surface area (Å²) in [4.78, 5) is 1.43. The smallest absolute Gasteiger partial charge is 0.244 e. The average molecular weight is 349 g/mol. The number of sulfonamides is 1. The molecule has 1 N–H and O–H groups in total. The van der Waals surface area contributed by atoms with Gasteiger partial charge in [-0.3, -0.25) is 0 Å². The third kappa shape index (κ3) is 3.82. The molecule has 1 fully saturated rings. The molecule has 0 amide bonds. The van der Waals surface area contributed by atoms with Crippen LogP contribution in [0, 0.1) is 6.92 Å². The van der Waals surface area contributed by atoms with Gasteiger partial charge in [-0.1, -0.05) is 13.8 Å². The highest BCUT2D eigenvalue weighted by atomic mass is 32.2. The van der Waals surface area contributed by atoms with Crippen LogP contribution >= 0.6 is 23.1 Å². The molecule has 0 aromatic carbocycles. The summed E-state index contributed by atoms with van der Waals surface area (Å²) < 4.78 is 27.5. The maximum Gasteiger partial charge on any atom is 0.244 e. The van der Waals surface area contributed by atoms with Gasteiger partial charge in [0.2, 0.25) is 10.0 Å². The van der Waals surface area contributed by atoms with Gasteiger partial charge in [0.05, 0.1) is 0 Å². The third-order valence-corrected chi connectivity index (χ3v) is 8.24. The molecule has 2 rings (SSSR count). The molecule has 1 unspecified atom stereocenters. The molecule has 21 heavy (non-hydrogen) atoms. The number of thiophene rings is 1. The summed E-state index contributed by atoms with van der Waals surface area (Å²) in [6.07, 6.45) is 0.948. The first-order chi connectivity index (χ1) is 9.84. The normalized spacial score (nSPS) is 19.8. The maximum atomic E-state index is 13.0. The van der Waals surface area contributed by atoms with E-state index < -0.39 is 10.0 Å². The monoisotopic (exact) mass is 348 g/mol. The zero-order chi connectivity index (χ0) is 15.6. The number of nitrogens with one attached hydrogen (secondary N) is 1. The number of rotatable bonds is 6. The minimum absolute atomic E-state index is 0.130. The highest BCUT2D eigenvalue weighted by molar-refractivity contribution is 7.99. The predicted octanol–water partition coefficient (Wildman–Crippen LogP) is 2.68. The Morgan fingerprint density at radius 2 is 2.19 bits per heavy atom. The van der Waals surface area contributed by atoms with Crippen molar-refractivity contribution in [3.05, 3.63) is 15.8 Å². The highest BCUT2D eigenvalue weighted by Gasteiger charge is 2.33. The largest absolute Gasteiger partial charge is 0.310 e. The van der Waals surface area contributed by atoms with Gasteiger partial charge in [-0.15, -0.1) is 11.3 Å². The van der Waals surface area contributed by atoms with E-state index in [0.29, 0.717) is 17.5 Å². The second kappa shape index (κ2) is 7.00. The SMILES string of the molecule is Cc1csc(CNC(C)C)c1S(=O)(=O)N(C)C1CCSC1. The molecule has 0 spiro atoms. The summed E-state index contributed by atoms with van der Waals surface area (Å²) in [7, 11) is -1.67. The molecule has 1 atom stereocenters. The van der Waals surface area contributed by atoms with Crippen molar-refractivity contribution in [1.29, 1.82) is 0 Å². The van der Waals surface area contributed by atoms with Crippen molar-refractivity contribution in [3.63, 3.8) is 0 Å². The Morgan fingerprint density at radius 1 is 1.48 bits per heavy atom. The molecule has 1 aliphatic rings. The zero-order valence-electron chi connectivity index (χ0n) is 13.0. The van der Waals surface area contributed by atoms with Crippen molar-refractivity contribution in [3.8, 4) is 0 Å². The molecule has 0 saturated carbocycles. The lowest BCUT2D eigenvalue weighted by Crippen LogP contribution is -2.37. The van der Waals surface area contributed by atoms with Crippen molar-refractivity contribution in [2.45, 2.75) is 50.7 Å². The summed E-state index contributed by atoms with van der Waals surface area (Å²) in [5.41, 5.74) is 0.859. The fraction of sp³-hybridized carbons (Fsp3) is 0.714. The Balaban J connectivity index is 2.28. The Morgan fingerprint density at radius 3 is 2.76 bits per heavy atom. The van der Waals surface area contributed by atoms with Crippen LogP contribution < -0.4 is 5.32 Å². The van der Waals surface area contributed by atoms with Gasteiger partial charge in [-0.25, -0.2) is 8.42 Å². The predicted molar refractivity (Wildman–Crippen MR) is 91.7 cm³/mol. The molecule has 0 bridgehead atoms. The van der Waals surface area contributed by atoms with Gasteiger partial charge in [0.15, 0.2) is 0 Å². The second-order valence-electron chi connectivity index (χ2n) is 5.75. The van der Waals surface area contributed by atoms with Gasteiger partial charge in [-0.2, -0.15) is 16.1 Å².